The second-order valence-electron chi connectivity index (χ2n) is 10.2. The van der Waals surface area contributed by atoms with Crippen LogP contribution in [0.4, 0.5) is 0 Å². The van der Waals surface area contributed by atoms with Crippen LogP contribution in [-0.4, -0.2) is 74.9 Å². The second-order valence-corrected chi connectivity index (χ2v) is 11.2. The molecule has 0 radical (unpaired) electrons. The van der Waals surface area contributed by atoms with Gasteiger partial charge in [-0.15, -0.1) is 0 Å². The molecule has 8 N–H and O–H groups in total. The van der Waals surface area contributed by atoms with Gasteiger partial charge in [0.15, 0.2) is 0 Å². The summed E-state index contributed by atoms with van der Waals surface area (Å²) in [4.78, 5) is 57.7. The number of carboxylic acids is 1. The van der Waals surface area contributed by atoms with E-state index in [2.05, 4.69) is 25.9 Å². The summed E-state index contributed by atoms with van der Waals surface area (Å²) in [6.45, 7) is 1.51. The Bertz CT molecular complexity index is 1570. The van der Waals surface area contributed by atoms with Crippen molar-refractivity contribution in [3.05, 3.63) is 72.1 Å². The summed E-state index contributed by atoms with van der Waals surface area (Å²) in [5.74, 6) is -2.22. The van der Waals surface area contributed by atoms with Gasteiger partial charge in [-0.25, -0.2) is 4.79 Å². The van der Waals surface area contributed by atoms with E-state index in [0.29, 0.717) is 12.2 Å². The van der Waals surface area contributed by atoms with E-state index in [-0.39, 0.29) is 12.8 Å². The Morgan fingerprint density at radius 2 is 1.33 bits per heavy atom. The molecule has 0 saturated carbocycles. The van der Waals surface area contributed by atoms with E-state index in [1.807, 2.05) is 54.8 Å². The molecule has 2 heterocycles. The van der Waals surface area contributed by atoms with Gasteiger partial charge in [0.05, 0.1) is 6.04 Å². The Balaban J connectivity index is 1.52. The first-order valence-corrected chi connectivity index (χ1v) is 15.1. The van der Waals surface area contributed by atoms with Gasteiger partial charge in [-0.3, -0.25) is 14.4 Å². The predicted molar refractivity (Wildman–Crippen MR) is 164 cm³/mol. The number of benzene rings is 2. The number of para-hydroxylation sites is 2. The maximum Gasteiger partial charge on any atom is 0.326 e. The number of nitrogens with two attached hydrogens (primary N) is 1. The quantitative estimate of drug-likeness (QED) is 0.117. The van der Waals surface area contributed by atoms with E-state index < -0.39 is 47.9 Å². The lowest BCUT2D eigenvalue weighted by Crippen LogP contribution is -2.57. The number of nitrogens with one attached hydrogen (secondary N) is 5. The standard InChI is InChI=1S/C30H36N6O5S/c1-17(34-28(38)22(31)11-12-42-2)27(37)35-25(13-18-15-32-23-9-5-3-7-20(18)23)29(39)36-26(30(40)41)14-19-16-33-24-10-6-4-8-21(19)24/h3-10,15-17,22,25-26,32-33H,11-14,31H2,1-2H3,(H,34,38)(H,35,37)(H,36,39)(H,40,41)/t17-,22-,25-,26-/m0/s1. The number of carbonyl (C=O) groups is 4. The van der Waals surface area contributed by atoms with Crippen LogP contribution in [-0.2, 0) is 32.0 Å². The highest BCUT2D eigenvalue weighted by Crippen LogP contribution is 2.21. The Labute approximate surface area is 247 Å². The average Bonchev–Trinajstić information content (AvgIpc) is 3.59. The van der Waals surface area contributed by atoms with Gasteiger partial charge >= 0.3 is 5.97 Å². The highest BCUT2D eigenvalue weighted by Gasteiger charge is 2.30. The van der Waals surface area contributed by atoms with Gasteiger partial charge in [-0.1, -0.05) is 36.4 Å². The van der Waals surface area contributed by atoms with Crippen molar-refractivity contribution in [2.24, 2.45) is 5.73 Å². The molecule has 0 fully saturated rings. The van der Waals surface area contributed by atoms with Crippen LogP contribution < -0.4 is 21.7 Å². The maximum absolute atomic E-state index is 13.6. The zero-order chi connectivity index (χ0) is 30.2. The number of thioether (sulfide) groups is 1. The van der Waals surface area contributed by atoms with Crippen molar-refractivity contribution in [3.63, 3.8) is 0 Å². The van der Waals surface area contributed by atoms with Gasteiger partial charge in [0, 0.05) is 47.0 Å². The Morgan fingerprint density at radius 3 is 1.88 bits per heavy atom. The molecule has 0 aliphatic carbocycles. The van der Waals surface area contributed by atoms with Crippen molar-refractivity contribution in [1.29, 1.82) is 0 Å². The van der Waals surface area contributed by atoms with Crippen LogP contribution in [0.15, 0.2) is 60.9 Å². The molecule has 0 aliphatic rings. The van der Waals surface area contributed by atoms with Crippen molar-refractivity contribution in [2.75, 3.05) is 12.0 Å². The molecule has 4 rings (SSSR count). The van der Waals surface area contributed by atoms with E-state index >= 15 is 0 Å². The third-order valence-electron chi connectivity index (χ3n) is 7.17. The van der Waals surface area contributed by atoms with Crippen LogP contribution in [0.25, 0.3) is 21.8 Å². The number of fused-ring (bicyclic) bond motifs is 2. The summed E-state index contributed by atoms with van der Waals surface area (Å²) in [5, 5.41) is 19.7. The summed E-state index contributed by atoms with van der Waals surface area (Å²) in [6.07, 6.45) is 5.99. The van der Waals surface area contributed by atoms with Crippen LogP contribution in [0.3, 0.4) is 0 Å². The predicted octanol–water partition coefficient (Wildman–Crippen LogP) is 2.07. The molecule has 2 aromatic heterocycles. The minimum atomic E-state index is -1.24. The van der Waals surface area contributed by atoms with Crippen molar-refractivity contribution in [2.45, 2.75) is 50.4 Å². The molecule has 4 atom stereocenters. The van der Waals surface area contributed by atoms with Crippen LogP contribution >= 0.6 is 11.8 Å². The fourth-order valence-electron chi connectivity index (χ4n) is 4.78. The minimum Gasteiger partial charge on any atom is -0.480 e. The second kappa shape index (κ2) is 14.1. The number of amides is 3. The highest BCUT2D eigenvalue weighted by molar-refractivity contribution is 7.98. The number of aliphatic carboxylic acids is 1. The van der Waals surface area contributed by atoms with Gasteiger partial charge in [0.2, 0.25) is 17.7 Å². The Hall–Kier alpha value is -4.29. The van der Waals surface area contributed by atoms with Crippen molar-refractivity contribution in [1.82, 2.24) is 25.9 Å². The van der Waals surface area contributed by atoms with Crippen molar-refractivity contribution >= 4 is 57.3 Å². The first kappa shape index (κ1) is 30.7. The number of rotatable bonds is 14. The lowest BCUT2D eigenvalue weighted by Gasteiger charge is -2.24. The molecule has 4 aromatic rings. The molecule has 0 saturated heterocycles. The van der Waals surface area contributed by atoms with E-state index in [0.717, 1.165) is 32.9 Å². The molecular weight excluding hydrogens is 556 g/mol. The molecule has 12 heteroatoms. The van der Waals surface area contributed by atoms with Crippen LogP contribution in [0.2, 0.25) is 0 Å². The van der Waals surface area contributed by atoms with Gasteiger partial charge in [-0.05, 0) is 48.6 Å². The van der Waals surface area contributed by atoms with Gasteiger partial charge < -0.3 is 36.8 Å². The highest BCUT2D eigenvalue weighted by atomic mass is 32.2. The number of aromatic amines is 2. The van der Waals surface area contributed by atoms with Gasteiger partial charge in [-0.2, -0.15) is 11.8 Å². The number of aromatic nitrogens is 2. The fraction of sp³-hybridized carbons (Fsp3) is 0.333. The first-order chi connectivity index (χ1) is 20.2. The normalized spacial score (nSPS) is 14.2. The number of carboxylic acid groups (broad SMARTS) is 1. The molecule has 0 unspecified atom stereocenters. The third-order valence-corrected chi connectivity index (χ3v) is 7.81. The van der Waals surface area contributed by atoms with Crippen molar-refractivity contribution in [3.8, 4) is 0 Å². The SMILES string of the molecule is CSCC[C@H](N)C(=O)N[C@@H](C)C(=O)N[C@@H](Cc1c[nH]c2ccccc12)C(=O)N[C@@H](Cc1c[nH]c2ccccc12)C(=O)O. The zero-order valence-corrected chi connectivity index (χ0v) is 24.3. The van der Waals surface area contributed by atoms with Gasteiger partial charge in [0.1, 0.15) is 18.1 Å². The topological polar surface area (TPSA) is 182 Å². The maximum atomic E-state index is 13.6. The Kier molecular flexibility index (Phi) is 10.3. The first-order valence-electron chi connectivity index (χ1n) is 13.7. The van der Waals surface area contributed by atoms with E-state index in [9.17, 15) is 24.3 Å². The Morgan fingerprint density at radius 1 is 0.810 bits per heavy atom. The summed E-state index contributed by atoms with van der Waals surface area (Å²) in [6, 6.07) is 10.9. The van der Waals surface area contributed by atoms with Crippen LogP contribution in [0.1, 0.15) is 24.5 Å². The number of H-pyrrole nitrogens is 2. The molecular formula is C30H36N6O5S. The van der Waals surface area contributed by atoms with Crippen LogP contribution in [0, 0.1) is 0 Å². The fourth-order valence-corrected chi connectivity index (χ4v) is 5.27. The van der Waals surface area contributed by atoms with Gasteiger partial charge in [0.25, 0.3) is 0 Å². The summed E-state index contributed by atoms with van der Waals surface area (Å²) in [5.41, 5.74) is 9.16. The van der Waals surface area contributed by atoms with Crippen LogP contribution in [0.5, 0.6) is 0 Å². The summed E-state index contributed by atoms with van der Waals surface area (Å²) in [7, 11) is 0. The molecule has 0 bridgehead atoms. The molecule has 222 valence electrons. The van der Waals surface area contributed by atoms with E-state index in [1.165, 1.54) is 6.92 Å². The van der Waals surface area contributed by atoms with Crippen molar-refractivity contribution < 1.29 is 24.3 Å². The molecule has 0 aliphatic heterocycles. The molecule has 11 nitrogen and oxygen atoms in total. The lowest BCUT2D eigenvalue weighted by atomic mass is 10.0. The zero-order valence-electron chi connectivity index (χ0n) is 23.5. The molecule has 42 heavy (non-hydrogen) atoms. The monoisotopic (exact) mass is 592 g/mol. The number of carbonyl (C=O) groups excluding carboxylic acids is 3. The number of hydrogen-bond donors (Lipinski definition) is 7. The molecule has 3 amide bonds. The molecule has 2 aromatic carbocycles. The smallest absolute Gasteiger partial charge is 0.326 e. The largest absolute Gasteiger partial charge is 0.480 e. The third kappa shape index (κ3) is 7.51. The number of hydrogen-bond acceptors (Lipinski definition) is 6. The average molecular weight is 593 g/mol. The summed E-state index contributed by atoms with van der Waals surface area (Å²) >= 11 is 1.56. The summed E-state index contributed by atoms with van der Waals surface area (Å²) < 4.78 is 0. The molecule has 0 spiro atoms. The lowest BCUT2D eigenvalue weighted by molar-refractivity contribution is -0.142. The van der Waals surface area contributed by atoms with E-state index in [4.69, 9.17) is 5.73 Å². The minimum absolute atomic E-state index is 0.0409. The van der Waals surface area contributed by atoms with E-state index in [1.54, 1.807) is 24.2 Å².